The summed E-state index contributed by atoms with van der Waals surface area (Å²) < 4.78 is 0. The molecular weight excluding hydrogens is 248 g/mol. The van der Waals surface area contributed by atoms with Crippen molar-refractivity contribution in [2.45, 2.75) is 19.9 Å². The van der Waals surface area contributed by atoms with E-state index in [0.29, 0.717) is 0 Å². The molecule has 18 heavy (non-hydrogen) atoms. The molecule has 2 N–H and O–H groups in total. The van der Waals surface area contributed by atoms with E-state index in [0.717, 1.165) is 21.7 Å². The molecule has 0 bridgehead atoms. The Balaban J connectivity index is 2.20. The molecule has 0 fully saturated rings. The zero-order valence-electron chi connectivity index (χ0n) is 10.2. The smallest absolute Gasteiger partial charge is 0.405 e. The number of carbonyl (C=O) groups is 1. The lowest BCUT2D eigenvalue weighted by Gasteiger charge is -2.12. The van der Waals surface area contributed by atoms with Crippen LogP contribution in [0.4, 0.5) is 4.79 Å². The lowest BCUT2D eigenvalue weighted by atomic mass is 10.1. The van der Waals surface area contributed by atoms with Gasteiger partial charge in [0.15, 0.2) is 0 Å². The van der Waals surface area contributed by atoms with Crippen LogP contribution in [0.15, 0.2) is 29.8 Å². The highest BCUT2D eigenvalue weighted by Crippen LogP contribution is 2.28. The number of carboxylic acid groups (broad SMARTS) is 1. The Hall–Kier alpha value is -1.88. The lowest BCUT2D eigenvalue weighted by Crippen LogP contribution is -2.24. The van der Waals surface area contributed by atoms with Crippen molar-refractivity contribution in [3.8, 4) is 10.4 Å². The lowest BCUT2D eigenvalue weighted by molar-refractivity contribution is 0.191. The maximum absolute atomic E-state index is 10.6. The maximum Gasteiger partial charge on any atom is 0.405 e. The summed E-state index contributed by atoms with van der Waals surface area (Å²) in [6, 6.07) is 7.66. The van der Waals surface area contributed by atoms with Gasteiger partial charge in [-0.1, -0.05) is 24.3 Å². The summed E-state index contributed by atoms with van der Waals surface area (Å²) in [6.45, 7) is 3.80. The van der Waals surface area contributed by atoms with Crippen LogP contribution in [0.2, 0.25) is 0 Å². The molecule has 0 saturated heterocycles. The number of thiazole rings is 1. The van der Waals surface area contributed by atoms with E-state index in [4.69, 9.17) is 5.11 Å². The molecule has 94 valence electrons. The number of nitrogens with zero attached hydrogens (tertiary/aromatic N) is 1. The average molecular weight is 262 g/mol. The fourth-order valence-electron chi connectivity index (χ4n) is 1.77. The normalized spacial score (nSPS) is 12.1. The number of nitrogens with one attached hydrogen (secondary N) is 1. The van der Waals surface area contributed by atoms with Crippen LogP contribution >= 0.6 is 11.3 Å². The van der Waals surface area contributed by atoms with Gasteiger partial charge in [0.2, 0.25) is 0 Å². The molecule has 5 heteroatoms. The first-order valence-corrected chi connectivity index (χ1v) is 6.46. The molecule has 1 heterocycles. The second kappa shape index (κ2) is 5.18. The minimum absolute atomic E-state index is 0.209. The molecule has 1 unspecified atom stereocenters. The third kappa shape index (κ3) is 2.68. The predicted octanol–water partition coefficient (Wildman–Crippen LogP) is 3.45. The second-order valence-corrected chi connectivity index (χ2v) is 4.91. The molecular formula is C13H14N2O2S. The minimum atomic E-state index is -1.01. The molecule has 2 rings (SSSR count). The van der Waals surface area contributed by atoms with Crippen molar-refractivity contribution >= 4 is 17.4 Å². The highest BCUT2D eigenvalue weighted by Gasteiger charge is 2.09. The first-order chi connectivity index (χ1) is 8.58. The van der Waals surface area contributed by atoms with Crippen LogP contribution in [-0.2, 0) is 0 Å². The topological polar surface area (TPSA) is 62.2 Å². The van der Waals surface area contributed by atoms with Gasteiger partial charge in [-0.3, -0.25) is 0 Å². The van der Waals surface area contributed by atoms with Crippen LogP contribution in [0.1, 0.15) is 24.2 Å². The summed E-state index contributed by atoms with van der Waals surface area (Å²) in [5, 5.41) is 11.1. The molecule has 0 aliphatic heterocycles. The summed E-state index contributed by atoms with van der Waals surface area (Å²) in [5.74, 6) is 0. The molecule has 0 spiro atoms. The number of aryl methyl sites for hydroxylation is 1. The van der Waals surface area contributed by atoms with Gasteiger partial charge in [0.1, 0.15) is 0 Å². The zero-order valence-corrected chi connectivity index (χ0v) is 11.0. The van der Waals surface area contributed by atoms with E-state index in [1.807, 2.05) is 43.6 Å². The summed E-state index contributed by atoms with van der Waals surface area (Å²) in [6.07, 6.45) is -1.01. The van der Waals surface area contributed by atoms with Gasteiger partial charge in [-0.15, -0.1) is 11.3 Å². The SMILES string of the molecule is Cc1ncsc1-c1ccc(C(C)NC(=O)O)cc1. The third-order valence-corrected chi connectivity index (χ3v) is 3.74. The third-order valence-electron chi connectivity index (χ3n) is 2.76. The van der Waals surface area contributed by atoms with E-state index in [9.17, 15) is 4.79 Å². The molecule has 1 aromatic heterocycles. The van der Waals surface area contributed by atoms with Gasteiger partial charge in [-0.05, 0) is 25.0 Å². The summed E-state index contributed by atoms with van der Waals surface area (Å²) in [7, 11) is 0. The predicted molar refractivity (Wildman–Crippen MR) is 71.9 cm³/mol. The van der Waals surface area contributed by atoms with Gasteiger partial charge in [-0.25, -0.2) is 9.78 Å². The Bertz CT molecular complexity index is 548. The van der Waals surface area contributed by atoms with Crippen molar-refractivity contribution in [2.75, 3.05) is 0 Å². The first kappa shape index (κ1) is 12.6. The van der Waals surface area contributed by atoms with Crippen LogP contribution in [-0.4, -0.2) is 16.2 Å². The van der Waals surface area contributed by atoms with Gasteiger partial charge in [0.05, 0.1) is 22.1 Å². The molecule has 2 aromatic rings. The fourth-order valence-corrected chi connectivity index (χ4v) is 2.58. The molecule has 1 aromatic carbocycles. The van der Waals surface area contributed by atoms with Crippen molar-refractivity contribution in [3.63, 3.8) is 0 Å². The van der Waals surface area contributed by atoms with Crippen LogP contribution in [0, 0.1) is 6.92 Å². The number of amides is 1. The summed E-state index contributed by atoms with van der Waals surface area (Å²) in [5.41, 5.74) is 4.90. The van der Waals surface area contributed by atoms with Crippen molar-refractivity contribution in [2.24, 2.45) is 0 Å². The van der Waals surface area contributed by atoms with E-state index in [1.54, 1.807) is 11.3 Å². The van der Waals surface area contributed by atoms with Crippen LogP contribution in [0.5, 0.6) is 0 Å². The van der Waals surface area contributed by atoms with Gasteiger partial charge in [-0.2, -0.15) is 0 Å². The van der Waals surface area contributed by atoms with Crippen LogP contribution in [0.25, 0.3) is 10.4 Å². The van der Waals surface area contributed by atoms with Gasteiger partial charge in [0.25, 0.3) is 0 Å². The fraction of sp³-hybridized carbons (Fsp3) is 0.231. The average Bonchev–Trinajstić information content (AvgIpc) is 2.75. The van der Waals surface area contributed by atoms with Gasteiger partial charge >= 0.3 is 6.09 Å². The Morgan fingerprint density at radius 1 is 1.39 bits per heavy atom. The van der Waals surface area contributed by atoms with Gasteiger partial charge in [0, 0.05) is 0 Å². The Kier molecular flexibility index (Phi) is 3.62. The van der Waals surface area contributed by atoms with Crippen LogP contribution in [0.3, 0.4) is 0 Å². The maximum atomic E-state index is 10.6. The Morgan fingerprint density at radius 3 is 2.56 bits per heavy atom. The molecule has 1 amide bonds. The standard InChI is InChI=1S/C13H14N2O2S/c1-8(15-13(16)17)10-3-5-11(6-4-10)12-9(2)14-7-18-12/h3-8,15H,1-2H3,(H,16,17). The Morgan fingerprint density at radius 2 is 2.06 bits per heavy atom. The number of hydrogen-bond donors (Lipinski definition) is 2. The van der Waals surface area contributed by atoms with Crippen molar-refractivity contribution in [3.05, 3.63) is 41.0 Å². The van der Waals surface area contributed by atoms with Gasteiger partial charge < -0.3 is 10.4 Å². The molecule has 4 nitrogen and oxygen atoms in total. The monoisotopic (exact) mass is 262 g/mol. The minimum Gasteiger partial charge on any atom is -0.465 e. The van der Waals surface area contributed by atoms with E-state index >= 15 is 0 Å². The highest BCUT2D eigenvalue weighted by molar-refractivity contribution is 7.13. The molecule has 0 aliphatic carbocycles. The number of aromatic nitrogens is 1. The first-order valence-electron chi connectivity index (χ1n) is 5.58. The summed E-state index contributed by atoms with van der Waals surface area (Å²) in [4.78, 5) is 15.9. The van der Waals surface area contributed by atoms with E-state index in [-0.39, 0.29) is 6.04 Å². The zero-order chi connectivity index (χ0) is 13.1. The van der Waals surface area contributed by atoms with E-state index in [2.05, 4.69) is 10.3 Å². The summed E-state index contributed by atoms with van der Waals surface area (Å²) >= 11 is 1.61. The molecule has 0 radical (unpaired) electrons. The van der Waals surface area contributed by atoms with Crippen LogP contribution < -0.4 is 5.32 Å². The van der Waals surface area contributed by atoms with E-state index in [1.165, 1.54) is 0 Å². The number of rotatable bonds is 3. The van der Waals surface area contributed by atoms with Crippen molar-refractivity contribution in [1.82, 2.24) is 10.3 Å². The largest absolute Gasteiger partial charge is 0.465 e. The highest BCUT2D eigenvalue weighted by atomic mass is 32.1. The second-order valence-electron chi connectivity index (χ2n) is 4.06. The number of hydrogen-bond acceptors (Lipinski definition) is 3. The number of benzene rings is 1. The van der Waals surface area contributed by atoms with Crippen molar-refractivity contribution in [1.29, 1.82) is 0 Å². The van der Waals surface area contributed by atoms with Crippen molar-refractivity contribution < 1.29 is 9.90 Å². The van der Waals surface area contributed by atoms with E-state index < -0.39 is 6.09 Å². The molecule has 0 aliphatic rings. The molecule has 0 saturated carbocycles. The molecule has 1 atom stereocenters. The Labute approximate surface area is 109 Å². The quantitative estimate of drug-likeness (QED) is 0.890.